The molecule has 4 rings (SSSR count). The Labute approximate surface area is 153 Å². The maximum atomic E-state index is 12.6. The maximum absolute atomic E-state index is 12.6. The lowest BCUT2D eigenvalue weighted by molar-refractivity contribution is 0.0954. The Balaban J connectivity index is 1.59. The van der Waals surface area contributed by atoms with Crippen molar-refractivity contribution in [3.63, 3.8) is 0 Å². The standard InChI is InChI=1S/C24H21NO/c1-17-15-19-11-12-20(16-23(19)22-10-6-5-9-21(17)22)24(26)25-14-13-18-7-3-2-4-8-18/h2-12,15-16H,13-14H2,1H3,(H,25,26). The molecule has 26 heavy (non-hydrogen) atoms. The molecule has 0 atom stereocenters. The van der Waals surface area contributed by atoms with Crippen molar-refractivity contribution in [3.8, 4) is 0 Å². The van der Waals surface area contributed by atoms with Crippen LogP contribution >= 0.6 is 0 Å². The Kier molecular flexibility index (Phi) is 4.40. The molecule has 1 N–H and O–H groups in total. The third-order valence-corrected chi connectivity index (χ3v) is 4.87. The lowest BCUT2D eigenvalue weighted by atomic mass is 9.96. The van der Waals surface area contributed by atoms with Crippen LogP contribution in [-0.2, 0) is 6.42 Å². The quantitative estimate of drug-likeness (QED) is 0.504. The number of carbonyl (C=O) groups excluding carboxylic acids is 1. The first-order valence-corrected chi connectivity index (χ1v) is 8.96. The molecule has 0 bridgehead atoms. The van der Waals surface area contributed by atoms with Gasteiger partial charge in [0.05, 0.1) is 0 Å². The number of nitrogens with one attached hydrogen (secondary N) is 1. The van der Waals surface area contributed by atoms with Gasteiger partial charge in [0, 0.05) is 12.1 Å². The molecule has 0 heterocycles. The molecule has 0 fully saturated rings. The second-order valence-electron chi connectivity index (χ2n) is 6.67. The molecular weight excluding hydrogens is 318 g/mol. The third-order valence-electron chi connectivity index (χ3n) is 4.87. The first-order chi connectivity index (χ1) is 12.7. The van der Waals surface area contributed by atoms with E-state index in [-0.39, 0.29) is 5.91 Å². The molecule has 0 radical (unpaired) electrons. The number of fused-ring (bicyclic) bond motifs is 3. The summed E-state index contributed by atoms with van der Waals surface area (Å²) in [6.07, 6.45) is 0.836. The Morgan fingerprint density at radius 2 is 1.54 bits per heavy atom. The minimum atomic E-state index is -0.0208. The molecule has 2 nitrogen and oxygen atoms in total. The van der Waals surface area contributed by atoms with Crippen molar-refractivity contribution < 1.29 is 4.79 Å². The minimum Gasteiger partial charge on any atom is -0.352 e. The lowest BCUT2D eigenvalue weighted by Gasteiger charge is -2.10. The van der Waals surface area contributed by atoms with Gasteiger partial charge in [0.2, 0.25) is 0 Å². The summed E-state index contributed by atoms with van der Waals surface area (Å²) in [6, 6.07) is 26.7. The van der Waals surface area contributed by atoms with Crippen LogP contribution in [0.3, 0.4) is 0 Å². The Bertz CT molecular complexity index is 1080. The fourth-order valence-electron chi connectivity index (χ4n) is 3.50. The fraction of sp³-hybridized carbons (Fsp3) is 0.125. The smallest absolute Gasteiger partial charge is 0.251 e. The summed E-state index contributed by atoms with van der Waals surface area (Å²) >= 11 is 0. The van der Waals surface area contributed by atoms with E-state index in [0.717, 1.165) is 11.8 Å². The van der Waals surface area contributed by atoms with Crippen molar-refractivity contribution >= 4 is 27.5 Å². The molecule has 1 amide bonds. The highest BCUT2D eigenvalue weighted by atomic mass is 16.1. The molecule has 4 aromatic rings. The second kappa shape index (κ2) is 7.01. The summed E-state index contributed by atoms with van der Waals surface area (Å²) in [7, 11) is 0. The monoisotopic (exact) mass is 339 g/mol. The van der Waals surface area contributed by atoms with Gasteiger partial charge in [-0.25, -0.2) is 0 Å². The average Bonchev–Trinajstić information content (AvgIpc) is 2.69. The van der Waals surface area contributed by atoms with Gasteiger partial charge in [-0.05, 0) is 58.1 Å². The number of carbonyl (C=O) groups is 1. The van der Waals surface area contributed by atoms with Crippen molar-refractivity contribution in [2.45, 2.75) is 13.3 Å². The predicted molar refractivity (Wildman–Crippen MR) is 109 cm³/mol. The molecule has 0 aliphatic carbocycles. The van der Waals surface area contributed by atoms with Crippen molar-refractivity contribution in [3.05, 3.63) is 95.6 Å². The number of benzene rings is 4. The summed E-state index contributed by atoms with van der Waals surface area (Å²) in [4.78, 5) is 12.6. The van der Waals surface area contributed by atoms with Crippen LogP contribution in [0.5, 0.6) is 0 Å². The van der Waals surface area contributed by atoms with Crippen LogP contribution in [0, 0.1) is 6.92 Å². The molecule has 0 unspecified atom stereocenters. The van der Waals surface area contributed by atoms with Crippen molar-refractivity contribution in [1.82, 2.24) is 5.32 Å². The summed E-state index contributed by atoms with van der Waals surface area (Å²) in [5.41, 5.74) is 3.19. The molecule has 128 valence electrons. The van der Waals surface area contributed by atoms with Gasteiger partial charge in [0.15, 0.2) is 0 Å². The van der Waals surface area contributed by atoms with E-state index >= 15 is 0 Å². The molecule has 0 aliphatic heterocycles. The zero-order chi connectivity index (χ0) is 17.9. The normalized spacial score (nSPS) is 11.0. The second-order valence-corrected chi connectivity index (χ2v) is 6.67. The van der Waals surface area contributed by atoms with Crippen LogP contribution in [0.2, 0.25) is 0 Å². The zero-order valence-corrected chi connectivity index (χ0v) is 14.8. The Morgan fingerprint density at radius 3 is 2.35 bits per heavy atom. The summed E-state index contributed by atoms with van der Waals surface area (Å²) in [5, 5.41) is 7.76. The first kappa shape index (κ1) is 16.3. The van der Waals surface area contributed by atoms with Gasteiger partial charge >= 0.3 is 0 Å². The number of amides is 1. The van der Waals surface area contributed by atoms with Crippen molar-refractivity contribution in [2.75, 3.05) is 6.54 Å². The van der Waals surface area contributed by atoms with Crippen LogP contribution in [-0.4, -0.2) is 12.5 Å². The molecule has 4 aromatic carbocycles. The summed E-state index contributed by atoms with van der Waals surface area (Å²) < 4.78 is 0. The highest BCUT2D eigenvalue weighted by Crippen LogP contribution is 2.29. The highest BCUT2D eigenvalue weighted by Gasteiger charge is 2.09. The van der Waals surface area contributed by atoms with Crippen LogP contribution in [0.1, 0.15) is 21.5 Å². The minimum absolute atomic E-state index is 0.0208. The number of hydrogen-bond donors (Lipinski definition) is 1. The summed E-state index contributed by atoms with van der Waals surface area (Å²) in [5.74, 6) is -0.0208. The maximum Gasteiger partial charge on any atom is 0.251 e. The van der Waals surface area contributed by atoms with Gasteiger partial charge in [-0.3, -0.25) is 4.79 Å². The van der Waals surface area contributed by atoms with Gasteiger partial charge in [0.1, 0.15) is 0 Å². The molecule has 0 saturated heterocycles. The van der Waals surface area contributed by atoms with E-state index in [9.17, 15) is 4.79 Å². The van der Waals surface area contributed by atoms with E-state index < -0.39 is 0 Å². The Hall–Kier alpha value is -3.13. The SMILES string of the molecule is Cc1cc2ccc(C(=O)NCCc3ccccc3)cc2c2ccccc12. The van der Waals surface area contributed by atoms with E-state index in [0.29, 0.717) is 12.1 Å². The topological polar surface area (TPSA) is 29.1 Å². The molecule has 0 saturated carbocycles. The average molecular weight is 339 g/mol. The lowest BCUT2D eigenvalue weighted by Crippen LogP contribution is -2.25. The van der Waals surface area contributed by atoms with Gasteiger partial charge in [-0.1, -0.05) is 66.7 Å². The number of hydrogen-bond acceptors (Lipinski definition) is 1. The van der Waals surface area contributed by atoms with Crippen LogP contribution in [0.25, 0.3) is 21.5 Å². The zero-order valence-electron chi connectivity index (χ0n) is 14.8. The van der Waals surface area contributed by atoms with Gasteiger partial charge in [-0.2, -0.15) is 0 Å². The van der Waals surface area contributed by atoms with Crippen LogP contribution in [0.4, 0.5) is 0 Å². The van der Waals surface area contributed by atoms with E-state index in [2.05, 4.69) is 48.6 Å². The van der Waals surface area contributed by atoms with E-state index in [1.807, 2.05) is 42.5 Å². The predicted octanol–water partition coefficient (Wildman–Crippen LogP) is 5.27. The number of rotatable bonds is 4. The van der Waals surface area contributed by atoms with Gasteiger partial charge in [0.25, 0.3) is 5.91 Å². The molecule has 0 aliphatic rings. The number of aryl methyl sites for hydroxylation is 1. The molecule has 0 aromatic heterocycles. The van der Waals surface area contributed by atoms with Gasteiger partial charge < -0.3 is 5.32 Å². The fourth-order valence-corrected chi connectivity index (χ4v) is 3.50. The molecular formula is C24H21NO. The van der Waals surface area contributed by atoms with Gasteiger partial charge in [-0.15, -0.1) is 0 Å². The van der Waals surface area contributed by atoms with E-state index in [1.165, 1.54) is 27.3 Å². The summed E-state index contributed by atoms with van der Waals surface area (Å²) in [6.45, 7) is 2.77. The van der Waals surface area contributed by atoms with Crippen LogP contribution in [0.15, 0.2) is 78.9 Å². The van der Waals surface area contributed by atoms with Crippen LogP contribution < -0.4 is 5.32 Å². The largest absolute Gasteiger partial charge is 0.352 e. The van der Waals surface area contributed by atoms with Crippen molar-refractivity contribution in [1.29, 1.82) is 0 Å². The highest BCUT2D eigenvalue weighted by molar-refractivity contribution is 6.11. The third kappa shape index (κ3) is 3.18. The van der Waals surface area contributed by atoms with E-state index in [4.69, 9.17) is 0 Å². The molecule has 2 heteroatoms. The van der Waals surface area contributed by atoms with Crippen molar-refractivity contribution in [2.24, 2.45) is 0 Å². The Morgan fingerprint density at radius 1 is 0.808 bits per heavy atom. The first-order valence-electron chi connectivity index (χ1n) is 8.96. The van der Waals surface area contributed by atoms with E-state index in [1.54, 1.807) is 0 Å². The molecule has 0 spiro atoms.